The number of ether oxygens (including phenoxy) is 3. The number of aromatic amines is 1. The second-order valence-electron chi connectivity index (χ2n) is 8.77. The summed E-state index contributed by atoms with van der Waals surface area (Å²) >= 11 is 0. The molecule has 0 unspecified atom stereocenters. The number of aryl methyl sites for hydroxylation is 1. The van der Waals surface area contributed by atoms with Crippen molar-refractivity contribution in [2.45, 2.75) is 26.2 Å². The summed E-state index contributed by atoms with van der Waals surface area (Å²) in [6.07, 6.45) is 4.94. The number of nitrogens with zero attached hydrogens (tertiary/aromatic N) is 2. The van der Waals surface area contributed by atoms with E-state index in [0.29, 0.717) is 30.1 Å². The molecule has 33 heavy (non-hydrogen) atoms. The number of hydrogen-bond donors (Lipinski definition) is 1. The Hall–Kier alpha value is -3.32. The third-order valence-corrected chi connectivity index (χ3v) is 6.53. The van der Waals surface area contributed by atoms with E-state index in [4.69, 9.17) is 14.2 Å². The van der Waals surface area contributed by atoms with Gasteiger partial charge < -0.3 is 19.2 Å². The maximum Gasteiger partial charge on any atom is 0.175 e. The molecule has 7 heteroatoms. The van der Waals surface area contributed by atoms with Gasteiger partial charge in [0, 0.05) is 47.4 Å². The fourth-order valence-corrected chi connectivity index (χ4v) is 4.94. The third-order valence-electron chi connectivity index (χ3n) is 6.53. The number of rotatable bonds is 6. The zero-order chi connectivity index (χ0) is 22.4. The molecule has 0 atom stereocenters. The molecule has 2 aromatic heterocycles. The lowest BCUT2D eigenvalue weighted by molar-refractivity contribution is 0.229. The van der Waals surface area contributed by atoms with E-state index in [9.17, 15) is 0 Å². The van der Waals surface area contributed by atoms with Crippen LogP contribution in [0.3, 0.4) is 0 Å². The van der Waals surface area contributed by atoms with Crippen LogP contribution < -0.4 is 14.2 Å². The number of pyridine rings is 1. The fourth-order valence-electron chi connectivity index (χ4n) is 4.94. The molecule has 0 amide bonds. The average molecular weight is 448 g/mol. The predicted octanol–water partition coefficient (Wildman–Crippen LogP) is 5.37. The summed E-state index contributed by atoms with van der Waals surface area (Å²) in [6, 6.07) is 8.97. The van der Waals surface area contributed by atoms with E-state index in [2.05, 4.69) is 14.9 Å². The average Bonchev–Trinajstić information content (AvgIpc) is 3.56. The smallest absolute Gasteiger partial charge is 0.175 e. The quantitative estimate of drug-likeness (QED) is 0.431. The molecular weight excluding hydrogens is 421 g/mol. The first-order valence-corrected chi connectivity index (χ1v) is 11.6. The molecule has 2 aromatic carbocycles. The topological polar surface area (TPSA) is 59.6 Å². The van der Waals surface area contributed by atoms with Crippen LogP contribution in [-0.4, -0.2) is 47.7 Å². The molecule has 6 rings (SSSR count). The predicted molar refractivity (Wildman–Crippen MR) is 125 cm³/mol. The molecule has 1 saturated heterocycles. The van der Waals surface area contributed by atoms with Gasteiger partial charge in [0.05, 0.1) is 17.5 Å². The second-order valence-corrected chi connectivity index (χ2v) is 8.77. The Morgan fingerprint density at radius 1 is 1.12 bits per heavy atom. The van der Waals surface area contributed by atoms with Gasteiger partial charge in [-0.2, -0.15) is 0 Å². The first kappa shape index (κ1) is 20.3. The summed E-state index contributed by atoms with van der Waals surface area (Å²) in [4.78, 5) is 10.1. The first-order valence-electron chi connectivity index (χ1n) is 11.6. The van der Waals surface area contributed by atoms with E-state index in [-0.39, 0.29) is 11.6 Å². The van der Waals surface area contributed by atoms with E-state index in [1.165, 1.54) is 12.8 Å². The summed E-state index contributed by atoms with van der Waals surface area (Å²) in [5.74, 6) is 1.84. The molecule has 2 aliphatic rings. The number of H-pyrrole nitrogens is 1. The summed E-state index contributed by atoms with van der Waals surface area (Å²) in [5.41, 5.74) is 3.42. The van der Waals surface area contributed by atoms with Gasteiger partial charge >= 0.3 is 0 Å². The molecule has 0 spiro atoms. The lowest BCUT2D eigenvalue weighted by atomic mass is 10.0. The van der Waals surface area contributed by atoms with Crippen molar-refractivity contribution < 1.29 is 18.6 Å². The van der Waals surface area contributed by atoms with Gasteiger partial charge in [-0.1, -0.05) is 0 Å². The maximum absolute atomic E-state index is 15.2. The molecule has 4 aromatic rings. The number of hydrogen-bond acceptors (Lipinski definition) is 5. The van der Waals surface area contributed by atoms with Crippen LogP contribution in [0.15, 0.2) is 36.5 Å². The molecule has 4 heterocycles. The van der Waals surface area contributed by atoms with Crippen LogP contribution in [0, 0.1) is 12.7 Å². The highest BCUT2D eigenvalue weighted by molar-refractivity contribution is 5.93. The highest BCUT2D eigenvalue weighted by atomic mass is 19.1. The summed E-state index contributed by atoms with van der Waals surface area (Å²) in [6.45, 7) is 6.28. The second kappa shape index (κ2) is 8.23. The Balaban J connectivity index is 1.34. The van der Waals surface area contributed by atoms with E-state index >= 15 is 4.39 Å². The maximum atomic E-state index is 15.2. The SMILES string of the molecule is Cc1cc2c(F)c(Oc3ccnc4cc(OCCN5CCCC5)c5c(c34)CCO5)ccc2[nH]1. The number of halogens is 1. The van der Waals surface area contributed by atoms with Crippen LogP contribution in [0.2, 0.25) is 0 Å². The first-order chi connectivity index (χ1) is 16.2. The van der Waals surface area contributed by atoms with Crippen LogP contribution in [0.4, 0.5) is 4.39 Å². The number of fused-ring (bicyclic) bond motifs is 4. The van der Waals surface area contributed by atoms with Crippen LogP contribution >= 0.6 is 0 Å². The van der Waals surface area contributed by atoms with Gasteiger partial charge in [0.1, 0.15) is 12.4 Å². The summed E-state index contributed by atoms with van der Waals surface area (Å²) < 4.78 is 33.4. The zero-order valence-corrected chi connectivity index (χ0v) is 18.6. The van der Waals surface area contributed by atoms with Gasteiger partial charge in [-0.25, -0.2) is 4.39 Å². The van der Waals surface area contributed by atoms with Crippen LogP contribution in [0.25, 0.3) is 21.8 Å². The van der Waals surface area contributed by atoms with E-state index in [1.807, 2.05) is 19.1 Å². The molecule has 1 N–H and O–H groups in total. The van der Waals surface area contributed by atoms with Gasteiger partial charge in [0.15, 0.2) is 23.1 Å². The number of likely N-dealkylation sites (tertiary alicyclic amines) is 1. The van der Waals surface area contributed by atoms with Crippen molar-refractivity contribution in [3.63, 3.8) is 0 Å². The third kappa shape index (κ3) is 3.66. The number of aromatic nitrogens is 2. The molecule has 0 saturated carbocycles. The van der Waals surface area contributed by atoms with E-state index in [0.717, 1.165) is 59.5 Å². The molecule has 2 aliphatic heterocycles. The summed E-state index contributed by atoms with van der Waals surface area (Å²) in [7, 11) is 0. The molecule has 0 bridgehead atoms. The standard InChI is InChI=1S/C26H26FN3O3/c1-16-14-18-19(29-16)4-5-22(25(18)27)33-21-6-8-28-20-15-23(26-17(24(20)21)7-12-32-26)31-13-11-30-9-2-3-10-30/h4-6,8,14-15,29H,2-3,7,9-13H2,1H3. The van der Waals surface area contributed by atoms with Crippen LogP contribution in [-0.2, 0) is 6.42 Å². The lowest BCUT2D eigenvalue weighted by Crippen LogP contribution is -2.25. The van der Waals surface area contributed by atoms with Crippen LogP contribution in [0.1, 0.15) is 24.1 Å². The molecule has 0 radical (unpaired) electrons. The Morgan fingerprint density at radius 2 is 2.00 bits per heavy atom. The fraction of sp³-hybridized carbons (Fsp3) is 0.346. The van der Waals surface area contributed by atoms with Crippen molar-refractivity contribution in [3.8, 4) is 23.0 Å². The monoisotopic (exact) mass is 447 g/mol. The van der Waals surface area contributed by atoms with Crippen molar-refractivity contribution in [2.24, 2.45) is 0 Å². The number of benzene rings is 2. The highest BCUT2D eigenvalue weighted by Gasteiger charge is 2.25. The van der Waals surface area contributed by atoms with Gasteiger partial charge in [-0.15, -0.1) is 0 Å². The van der Waals surface area contributed by atoms with E-state index < -0.39 is 0 Å². The molecule has 1 fully saturated rings. The van der Waals surface area contributed by atoms with E-state index in [1.54, 1.807) is 24.4 Å². The van der Waals surface area contributed by atoms with Gasteiger partial charge in [0.2, 0.25) is 0 Å². The lowest BCUT2D eigenvalue weighted by Gasteiger charge is -2.17. The van der Waals surface area contributed by atoms with Crippen molar-refractivity contribution >= 4 is 21.8 Å². The minimum absolute atomic E-state index is 0.188. The Kier molecular flexibility index (Phi) is 5.06. The summed E-state index contributed by atoms with van der Waals surface area (Å²) in [5, 5.41) is 1.37. The Morgan fingerprint density at radius 3 is 2.88 bits per heavy atom. The zero-order valence-electron chi connectivity index (χ0n) is 18.6. The normalized spacial score (nSPS) is 15.8. The minimum Gasteiger partial charge on any atom is -0.489 e. The van der Waals surface area contributed by atoms with Crippen molar-refractivity contribution in [2.75, 3.05) is 32.8 Å². The van der Waals surface area contributed by atoms with Crippen molar-refractivity contribution in [1.82, 2.24) is 14.9 Å². The Bertz CT molecular complexity index is 1340. The Labute approximate surface area is 191 Å². The van der Waals surface area contributed by atoms with Crippen molar-refractivity contribution in [1.29, 1.82) is 0 Å². The van der Waals surface area contributed by atoms with Gasteiger partial charge in [0.25, 0.3) is 0 Å². The van der Waals surface area contributed by atoms with Gasteiger partial charge in [-0.05, 0) is 57.1 Å². The molecule has 0 aliphatic carbocycles. The van der Waals surface area contributed by atoms with Gasteiger partial charge in [-0.3, -0.25) is 9.88 Å². The molecular formula is C26H26FN3O3. The number of nitrogens with one attached hydrogen (secondary N) is 1. The van der Waals surface area contributed by atoms with Crippen LogP contribution in [0.5, 0.6) is 23.0 Å². The molecule has 170 valence electrons. The minimum atomic E-state index is -0.378. The molecule has 6 nitrogen and oxygen atoms in total. The largest absolute Gasteiger partial charge is 0.489 e. The van der Waals surface area contributed by atoms with Crippen molar-refractivity contribution in [3.05, 3.63) is 53.6 Å². The highest BCUT2D eigenvalue weighted by Crippen LogP contribution is 2.45.